The molecule has 246 valence electrons. The number of ether oxygens (including phenoxy) is 1. The molecule has 10 aromatic rings. The van der Waals surface area contributed by atoms with E-state index in [0.717, 1.165) is 50.6 Å². The first-order chi connectivity index (χ1) is 25.7. The number of rotatable bonds is 4. The van der Waals surface area contributed by atoms with Crippen LogP contribution in [0.25, 0.3) is 47.5 Å². The standard InChI is InChI=1S/C44H29N4OPSSi/c50-52(30-10-2-1-3-11-30)40-22-18-29(49-28-17-19-31-32-12-4-6-14-35(32)47-25-24-46-44(47)34(31)26-28)27-37(40)48(41-16-8-9-23-45-41)36-20-21-39-42(43(36)52)33-13-5-7-15-38(33)51-39/h1-27H,50H2. The molecule has 1 aliphatic heterocycles. The summed E-state index contributed by atoms with van der Waals surface area (Å²) in [4.78, 5) is 12.0. The number of hydrogen-bond acceptors (Lipinski definition) is 5. The maximum absolute atomic E-state index is 6.78. The molecule has 0 fully saturated rings. The molecule has 2 atom stereocenters. The van der Waals surface area contributed by atoms with Gasteiger partial charge in [-0.05, 0) is 81.6 Å². The van der Waals surface area contributed by atoms with Gasteiger partial charge in [-0.25, -0.2) is 9.97 Å². The Hall–Kier alpha value is -5.85. The third kappa shape index (κ3) is 4.24. The maximum atomic E-state index is 6.78. The predicted molar refractivity (Wildman–Crippen MR) is 223 cm³/mol. The molecule has 8 heteroatoms. The second-order valence-electron chi connectivity index (χ2n) is 13.3. The van der Waals surface area contributed by atoms with Crippen molar-refractivity contribution >= 4 is 108 Å². The van der Waals surface area contributed by atoms with Crippen LogP contribution in [0.15, 0.2) is 164 Å². The zero-order valence-corrected chi connectivity index (χ0v) is 30.7. The zero-order chi connectivity index (χ0) is 34.4. The van der Waals surface area contributed by atoms with E-state index in [-0.39, 0.29) is 0 Å². The minimum atomic E-state index is -2.69. The van der Waals surface area contributed by atoms with Crippen LogP contribution in [0.1, 0.15) is 0 Å². The Bertz CT molecular complexity index is 3040. The monoisotopic (exact) mass is 720 g/mol. The Morgan fingerprint density at radius 3 is 2.27 bits per heavy atom. The summed E-state index contributed by atoms with van der Waals surface area (Å²) in [6, 6.07) is 52.0. The van der Waals surface area contributed by atoms with Gasteiger partial charge in [0.05, 0.1) is 11.2 Å². The summed E-state index contributed by atoms with van der Waals surface area (Å²) < 4.78 is 11.5. The van der Waals surface area contributed by atoms with Crippen molar-refractivity contribution in [1.82, 2.24) is 14.4 Å². The molecular weight excluding hydrogens is 692 g/mol. The molecular formula is C44H29N4OPSSi. The number of aromatic nitrogens is 3. The van der Waals surface area contributed by atoms with E-state index in [1.165, 1.54) is 41.1 Å². The molecule has 0 bridgehead atoms. The molecule has 0 aliphatic carbocycles. The van der Waals surface area contributed by atoms with Crippen molar-refractivity contribution in [1.29, 1.82) is 0 Å². The van der Waals surface area contributed by atoms with Crippen molar-refractivity contribution in [2.75, 3.05) is 4.90 Å². The molecule has 11 rings (SSSR count). The van der Waals surface area contributed by atoms with Crippen molar-refractivity contribution in [2.24, 2.45) is 0 Å². The minimum absolute atomic E-state index is 0.761. The van der Waals surface area contributed by atoms with Crippen molar-refractivity contribution in [3.63, 3.8) is 0 Å². The lowest BCUT2D eigenvalue weighted by molar-refractivity contribution is 0.484. The smallest absolute Gasteiger partial charge is 0.174 e. The topological polar surface area (TPSA) is 42.7 Å². The summed E-state index contributed by atoms with van der Waals surface area (Å²) in [6.45, 7) is 0. The van der Waals surface area contributed by atoms with Crippen LogP contribution in [-0.2, 0) is 0 Å². The number of anilines is 3. The zero-order valence-electron chi connectivity index (χ0n) is 27.8. The SMILES string of the molecule is P[Si]1(c2ccccc2)c2ccc(Oc3ccc4c5ccccc5n5ccnc5c4c3)cc2N(c2ccccn2)c2ccc3sc4ccccc4c3c21. The van der Waals surface area contributed by atoms with Crippen LogP contribution < -0.4 is 25.2 Å². The summed E-state index contributed by atoms with van der Waals surface area (Å²) in [6.07, 6.45) is 5.76. The summed E-state index contributed by atoms with van der Waals surface area (Å²) in [7, 11) is 0.756. The maximum Gasteiger partial charge on any atom is 0.174 e. The van der Waals surface area contributed by atoms with Crippen LogP contribution in [0, 0.1) is 0 Å². The van der Waals surface area contributed by atoms with Crippen molar-refractivity contribution < 1.29 is 4.74 Å². The van der Waals surface area contributed by atoms with E-state index in [4.69, 9.17) is 14.7 Å². The Morgan fingerprint density at radius 2 is 1.38 bits per heavy atom. The van der Waals surface area contributed by atoms with Gasteiger partial charge in [-0.3, -0.25) is 9.30 Å². The lowest BCUT2D eigenvalue weighted by Gasteiger charge is -2.42. The third-order valence-corrected chi connectivity index (χ3v) is 18.2. The molecule has 2 unspecified atom stereocenters. The fraction of sp³-hybridized carbons (Fsp3) is 0. The number of fused-ring (bicyclic) bond motifs is 12. The van der Waals surface area contributed by atoms with Gasteiger partial charge < -0.3 is 4.74 Å². The molecule has 52 heavy (non-hydrogen) atoms. The van der Waals surface area contributed by atoms with Gasteiger partial charge in [0.15, 0.2) is 7.74 Å². The number of thiophene rings is 1. The average Bonchev–Trinajstić information content (AvgIpc) is 3.85. The van der Waals surface area contributed by atoms with Gasteiger partial charge >= 0.3 is 0 Å². The molecule has 0 saturated carbocycles. The van der Waals surface area contributed by atoms with Crippen LogP contribution in [-0.4, -0.2) is 22.1 Å². The number of para-hydroxylation sites is 1. The highest BCUT2D eigenvalue weighted by molar-refractivity contribution is 7.79. The first kappa shape index (κ1) is 29.8. The highest BCUT2D eigenvalue weighted by atomic mass is 32.1. The molecule has 0 saturated heterocycles. The molecule has 0 radical (unpaired) electrons. The van der Waals surface area contributed by atoms with E-state index >= 15 is 0 Å². The highest BCUT2D eigenvalue weighted by Crippen LogP contribution is 2.45. The molecule has 5 nitrogen and oxygen atoms in total. The van der Waals surface area contributed by atoms with E-state index in [2.05, 4.69) is 158 Å². The summed E-state index contributed by atoms with van der Waals surface area (Å²) >= 11 is 1.87. The Labute approximate surface area is 306 Å². The van der Waals surface area contributed by atoms with E-state index in [9.17, 15) is 0 Å². The minimum Gasteiger partial charge on any atom is -0.457 e. The molecule has 0 N–H and O–H groups in total. The van der Waals surface area contributed by atoms with Crippen molar-refractivity contribution in [2.45, 2.75) is 0 Å². The van der Waals surface area contributed by atoms with Crippen LogP contribution in [0.2, 0.25) is 0 Å². The van der Waals surface area contributed by atoms with Gasteiger partial charge in [0.25, 0.3) is 0 Å². The second kappa shape index (κ2) is 11.3. The first-order valence-electron chi connectivity index (χ1n) is 17.3. The van der Waals surface area contributed by atoms with Gasteiger partial charge in [-0.2, -0.15) is 0 Å². The van der Waals surface area contributed by atoms with Gasteiger partial charge in [0, 0.05) is 61.3 Å². The van der Waals surface area contributed by atoms with E-state index in [1.54, 1.807) is 0 Å². The second-order valence-corrected chi connectivity index (χ2v) is 20.2. The molecule has 5 heterocycles. The largest absolute Gasteiger partial charge is 0.457 e. The quantitative estimate of drug-likeness (QED) is 0.103. The fourth-order valence-corrected chi connectivity index (χ4v) is 15.4. The number of nitrogens with zero attached hydrogens (tertiary/aromatic N) is 4. The van der Waals surface area contributed by atoms with Crippen LogP contribution in [0.5, 0.6) is 11.5 Å². The van der Waals surface area contributed by atoms with Crippen LogP contribution in [0.3, 0.4) is 0 Å². The molecule has 0 spiro atoms. The van der Waals surface area contributed by atoms with Crippen LogP contribution >= 0.6 is 20.1 Å². The molecule has 1 aliphatic rings. The Morgan fingerprint density at radius 1 is 0.596 bits per heavy atom. The van der Waals surface area contributed by atoms with E-state index in [1.807, 2.05) is 36.0 Å². The first-order valence-corrected chi connectivity index (χ1v) is 21.9. The molecule has 6 aromatic carbocycles. The third-order valence-electron chi connectivity index (χ3n) is 10.5. The van der Waals surface area contributed by atoms with Gasteiger partial charge in [-0.1, -0.05) is 78.9 Å². The van der Waals surface area contributed by atoms with Crippen molar-refractivity contribution in [3.05, 3.63) is 164 Å². The fourth-order valence-electron chi connectivity index (χ4n) is 8.23. The lowest BCUT2D eigenvalue weighted by atomic mass is 10.1. The number of imidazole rings is 1. The van der Waals surface area contributed by atoms with E-state index < -0.39 is 7.74 Å². The average molecular weight is 721 g/mol. The Balaban J connectivity index is 1.14. The normalized spacial score (nSPS) is 15.4. The highest BCUT2D eigenvalue weighted by Gasteiger charge is 2.46. The number of hydrogen-bond donors (Lipinski definition) is 0. The Kier molecular flexibility index (Phi) is 6.50. The predicted octanol–water partition coefficient (Wildman–Crippen LogP) is 9.82. The van der Waals surface area contributed by atoms with Gasteiger partial charge in [0.2, 0.25) is 0 Å². The van der Waals surface area contributed by atoms with Gasteiger partial charge in [-0.15, -0.1) is 20.1 Å². The summed E-state index contributed by atoms with van der Waals surface area (Å²) in [5.74, 6) is 2.39. The number of benzene rings is 6. The van der Waals surface area contributed by atoms with Gasteiger partial charge in [0.1, 0.15) is 23.0 Å². The van der Waals surface area contributed by atoms with Crippen molar-refractivity contribution in [3.8, 4) is 11.5 Å². The summed E-state index contributed by atoms with van der Waals surface area (Å²) in [5, 5.41) is 10.0. The lowest BCUT2D eigenvalue weighted by Crippen LogP contribution is -2.66. The molecule has 0 amide bonds. The molecule has 4 aromatic heterocycles. The van der Waals surface area contributed by atoms with E-state index in [0.29, 0.717) is 0 Å². The van der Waals surface area contributed by atoms with Crippen LogP contribution in [0.4, 0.5) is 17.2 Å². The number of pyridine rings is 2. The summed E-state index contributed by atoms with van der Waals surface area (Å²) in [5.41, 5.74) is 4.29.